The van der Waals surface area contributed by atoms with Crippen molar-refractivity contribution < 1.29 is 8.78 Å². The highest BCUT2D eigenvalue weighted by atomic mass is 19.3. The Labute approximate surface area is 104 Å². The van der Waals surface area contributed by atoms with E-state index in [1.807, 2.05) is 6.92 Å². The van der Waals surface area contributed by atoms with Crippen LogP contribution in [0, 0.1) is 5.92 Å². The van der Waals surface area contributed by atoms with E-state index in [0.717, 1.165) is 17.7 Å². The molecular weight excluding hydrogens is 236 g/mol. The van der Waals surface area contributed by atoms with Crippen LogP contribution in [0.3, 0.4) is 0 Å². The van der Waals surface area contributed by atoms with Crippen LogP contribution >= 0.6 is 0 Å². The van der Waals surface area contributed by atoms with Crippen molar-refractivity contribution in [1.29, 1.82) is 0 Å². The molecule has 0 spiro atoms. The first-order valence-electron chi connectivity index (χ1n) is 5.90. The first kappa shape index (κ1) is 12.7. The van der Waals surface area contributed by atoms with Gasteiger partial charge in [-0.05, 0) is 12.0 Å². The zero-order valence-electron chi connectivity index (χ0n) is 10.1. The van der Waals surface area contributed by atoms with Crippen LogP contribution < -0.4 is 5.73 Å². The monoisotopic (exact) mass is 251 g/mol. The molecule has 3 nitrogen and oxygen atoms in total. The Morgan fingerprint density at radius 1 is 1.28 bits per heavy atom. The van der Waals surface area contributed by atoms with Gasteiger partial charge in [-0.1, -0.05) is 31.2 Å². The molecule has 96 valence electrons. The van der Waals surface area contributed by atoms with Crippen molar-refractivity contribution in [2.24, 2.45) is 21.9 Å². The zero-order valence-corrected chi connectivity index (χ0v) is 10.1. The Bertz CT molecular complexity index is 478. The third-order valence-corrected chi connectivity index (χ3v) is 3.08. The molecule has 2 rings (SSSR count). The Morgan fingerprint density at radius 3 is 2.50 bits per heavy atom. The summed E-state index contributed by atoms with van der Waals surface area (Å²) >= 11 is 0. The van der Waals surface area contributed by atoms with Crippen LogP contribution in [0.5, 0.6) is 0 Å². The summed E-state index contributed by atoms with van der Waals surface area (Å²) in [5.74, 6) is 0.731. The fourth-order valence-electron chi connectivity index (χ4n) is 2.02. The van der Waals surface area contributed by atoms with Crippen LogP contribution in [0.2, 0.25) is 0 Å². The Balaban J connectivity index is 2.30. The van der Waals surface area contributed by atoms with Gasteiger partial charge in [0.05, 0.1) is 5.71 Å². The van der Waals surface area contributed by atoms with Crippen molar-refractivity contribution in [2.45, 2.75) is 26.2 Å². The molecular formula is C13H15F2N3. The van der Waals surface area contributed by atoms with Gasteiger partial charge in [0.15, 0.2) is 0 Å². The summed E-state index contributed by atoms with van der Waals surface area (Å²) < 4.78 is 24.9. The van der Waals surface area contributed by atoms with Gasteiger partial charge in [0.25, 0.3) is 6.43 Å². The summed E-state index contributed by atoms with van der Waals surface area (Å²) in [6, 6.07) is 6.19. The average Bonchev–Trinajstić information content (AvgIpc) is 2.38. The SMILES string of the molecule is CCC1CC(N)=NN=C1c1ccc(C(F)F)cc1. The number of nitrogens with zero attached hydrogens (tertiary/aromatic N) is 2. The van der Waals surface area contributed by atoms with Gasteiger partial charge >= 0.3 is 0 Å². The van der Waals surface area contributed by atoms with Gasteiger partial charge in [-0.2, -0.15) is 5.10 Å². The van der Waals surface area contributed by atoms with E-state index in [0.29, 0.717) is 12.3 Å². The highest BCUT2D eigenvalue weighted by molar-refractivity contribution is 6.05. The number of halogens is 2. The number of alkyl halides is 2. The standard InChI is InChI=1S/C13H15F2N3/c1-2-8-7-11(16)17-18-12(8)9-3-5-10(6-4-9)13(14)15/h3-6,8,13H,2,7H2,1H3,(H2,16,17). The number of hydrogen-bond acceptors (Lipinski definition) is 3. The minimum absolute atomic E-state index is 0.0197. The number of benzene rings is 1. The zero-order chi connectivity index (χ0) is 13.1. The molecule has 0 bridgehead atoms. The molecule has 18 heavy (non-hydrogen) atoms. The molecule has 1 heterocycles. The van der Waals surface area contributed by atoms with Gasteiger partial charge in [0, 0.05) is 17.9 Å². The van der Waals surface area contributed by atoms with Crippen LogP contribution in [0.25, 0.3) is 0 Å². The Kier molecular flexibility index (Phi) is 3.69. The van der Waals surface area contributed by atoms with Crippen molar-refractivity contribution in [3.05, 3.63) is 35.4 Å². The third-order valence-electron chi connectivity index (χ3n) is 3.08. The predicted molar refractivity (Wildman–Crippen MR) is 68.0 cm³/mol. The summed E-state index contributed by atoms with van der Waals surface area (Å²) in [6.45, 7) is 2.05. The molecule has 1 aliphatic heterocycles. The summed E-state index contributed by atoms with van der Waals surface area (Å²) in [4.78, 5) is 0. The predicted octanol–water partition coefficient (Wildman–Crippen LogP) is 3.12. The molecule has 0 amide bonds. The second kappa shape index (κ2) is 5.25. The number of nitrogens with two attached hydrogens (primary N) is 1. The number of hydrogen-bond donors (Lipinski definition) is 1. The van der Waals surface area contributed by atoms with Crippen LogP contribution in [0.1, 0.15) is 37.3 Å². The lowest BCUT2D eigenvalue weighted by atomic mass is 9.90. The van der Waals surface area contributed by atoms with Crippen LogP contribution in [0.15, 0.2) is 34.5 Å². The molecule has 0 saturated carbocycles. The summed E-state index contributed by atoms with van der Waals surface area (Å²) in [5.41, 5.74) is 7.33. The van der Waals surface area contributed by atoms with Gasteiger partial charge < -0.3 is 5.73 Å². The quantitative estimate of drug-likeness (QED) is 0.881. The van der Waals surface area contributed by atoms with E-state index in [4.69, 9.17) is 5.73 Å². The van der Waals surface area contributed by atoms with E-state index < -0.39 is 6.43 Å². The van der Waals surface area contributed by atoms with Gasteiger partial charge in [-0.15, -0.1) is 5.10 Å². The molecule has 1 aliphatic rings. The molecule has 0 aliphatic carbocycles. The second-order valence-electron chi connectivity index (χ2n) is 4.31. The summed E-state index contributed by atoms with van der Waals surface area (Å²) in [7, 11) is 0. The van der Waals surface area contributed by atoms with Crippen LogP contribution in [-0.4, -0.2) is 11.5 Å². The average molecular weight is 251 g/mol. The number of rotatable bonds is 3. The topological polar surface area (TPSA) is 50.7 Å². The molecule has 1 aromatic carbocycles. The van der Waals surface area contributed by atoms with Crippen LogP contribution in [-0.2, 0) is 0 Å². The summed E-state index contributed by atoms with van der Waals surface area (Å²) in [6.07, 6.45) is -0.875. The van der Waals surface area contributed by atoms with E-state index in [-0.39, 0.29) is 11.5 Å². The molecule has 0 fully saturated rings. The van der Waals surface area contributed by atoms with Gasteiger partial charge in [0.1, 0.15) is 5.84 Å². The van der Waals surface area contributed by atoms with E-state index in [9.17, 15) is 8.78 Å². The molecule has 2 N–H and O–H groups in total. The molecule has 0 radical (unpaired) electrons. The minimum Gasteiger partial charge on any atom is -0.386 e. The fourth-order valence-corrected chi connectivity index (χ4v) is 2.02. The molecule has 1 unspecified atom stereocenters. The van der Waals surface area contributed by atoms with E-state index in [2.05, 4.69) is 10.2 Å². The van der Waals surface area contributed by atoms with E-state index in [1.165, 1.54) is 12.1 Å². The second-order valence-corrected chi connectivity index (χ2v) is 4.31. The lowest BCUT2D eigenvalue weighted by Crippen LogP contribution is -2.26. The van der Waals surface area contributed by atoms with Crippen molar-refractivity contribution in [3.63, 3.8) is 0 Å². The molecule has 0 aromatic heterocycles. The molecule has 0 saturated heterocycles. The third kappa shape index (κ3) is 2.55. The highest BCUT2D eigenvalue weighted by Crippen LogP contribution is 2.23. The van der Waals surface area contributed by atoms with Crippen molar-refractivity contribution in [1.82, 2.24) is 0 Å². The normalized spacial score (nSPS) is 19.7. The number of amidine groups is 1. The van der Waals surface area contributed by atoms with Crippen molar-refractivity contribution >= 4 is 11.5 Å². The minimum atomic E-state index is -2.44. The van der Waals surface area contributed by atoms with E-state index >= 15 is 0 Å². The fraction of sp³-hybridized carbons (Fsp3) is 0.385. The lowest BCUT2D eigenvalue weighted by Gasteiger charge is -2.20. The van der Waals surface area contributed by atoms with E-state index in [1.54, 1.807) is 12.1 Å². The van der Waals surface area contributed by atoms with Gasteiger partial charge in [-0.3, -0.25) is 0 Å². The first-order valence-corrected chi connectivity index (χ1v) is 5.90. The maximum absolute atomic E-state index is 12.5. The highest BCUT2D eigenvalue weighted by Gasteiger charge is 2.21. The van der Waals surface area contributed by atoms with Gasteiger partial charge in [0.2, 0.25) is 0 Å². The maximum Gasteiger partial charge on any atom is 0.263 e. The van der Waals surface area contributed by atoms with Gasteiger partial charge in [-0.25, -0.2) is 8.78 Å². The Hall–Kier alpha value is -1.78. The van der Waals surface area contributed by atoms with Crippen molar-refractivity contribution in [2.75, 3.05) is 0 Å². The Morgan fingerprint density at radius 2 is 1.94 bits per heavy atom. The lowest BCUT2D eigenvalue weighted by molar-refractivity contribution is 0.151. The van der Waals surface area contributed by atoms with Crippen molar-refractivity contribution in [3.8, 4) is 0 Å². The summed E-state index contributed by atoms with van der Waals surface area (Å²) in [5, 5.41) is 7.98. The first-order chi connectivity index (χ1) is 8.61. The largest absolute Gasteiger partial charge is 0.386 e. The smallest absolute Gasteiger partial charge is 0.263 e. The molecule has 1 aromatic rings. The molecule has 1 atom stereocenters. The molecule has 5 heteroatoms. The maximum atomic E-state index is 12.5. The van der Waals surface area contributed by atoms with Crippen LogP contribution in [0.4, 0.5) is 8.78 Å².